The Kier molecular flexibility index (Phi) is 3.73. The van der Waals surface area contributed by atoms with Gasteiger partial charge in [0.2, 0.25) is 10.2 Å². The van der Waals surface area contributed by atoms with Gasteiger partial charge in [-0.3, -0.25) is 9.59 Å². The van der Waals surface area contributed by atoms with Crippen LogP contribution in [0.1, 0.15) is 20.7 Å². The molecule has 0 saturated carbocycles. The van der Waals surface area contributed by atoms with E-state index >= 15 is 0 Å². The molecular formula is C14H10O2S. The number of hydrogen-bond acceptors (Lipinski definition) is 3. The molecule has 0 N–H and O–H groups in total. The third-order valence-corrected chi connectivity index (χ3v) is 3.05. The van der Waals surface area contributed by atoms with Crippen LogP contribution >= 0.6 is 11.8 Å². The summed E-state index contributed by atoms with van der Waals surface area (Å²) in [7, 11) is 0. The van der Waals surface area contributed by atoms with Gasteiger partial charge in [0, 0.05) is 11.1 Å². The van der Waals surface area contributed by atoms with Gasteiger partial charge in [0.25, 0.3) is 0 Å². The molecule has 17 heavy (non-hydrogen) atoms. The van der Waals surface area contributed by atoms with E-state index in [1.54, 1.807) is 48.5 Å². The second-order valence-electron chi connectivity index (χ2n) is 3.41. The van der Waals surface area contributed by atoms with Crippen molar-refractivity contribution < 1.29 is 9.59 Å². The van der Waals surface area contributed by atoms with Crippen LogP contribution in [-0.2, 0) is 0 Å². The molecule has 0 aliphatic rings. The Balaban J connectivity index is 2.08. The minimum absolute atomic E-state index is 0.223. The lowest BCUT2D eigenvalue weighted by atomic mass is 10.2. The molecule has 0 aromatic heterocycles. The summed E-state index contributed by atoms with van der Waals surface area (Å²) in [5.41, 5.74) is 1.09. The number of carbonyl (C=O) groups is 2. The van der Waals surface area contributed by atoms with Gasteiger partial charge in [0.1, 0.15) is 0 Å². The average Bonchev–Trinajstić information content (AvgIpc) is 2.40. The summed E-state index contributed by atoms with van der Waals surface area (Å²) in [4.78, 5) is 23.5. The molecule has 0 heterocycles. The van der Waals surface area contributed by atoms with Crippen molar-refractivity contribution in [2.45, 2.75) is 0 Å². The van der Waals surface area contributed by atoms with Gasteiger partial charge in [-0.2, -0.15) is 0 Å². The summed E-state index contributed by atoms with van der Waals surface area (Å²) < 4.78 is 0. The number of carbonyl (C=O) groups excluding carboxylic acids is 2. The Morgan fingerprint density at radius 1 is 0.647 bits per heavy atom. The summed E-state index contributed by atoms with van der Waals surface area (Å²) in [5, 5.41) is -0.445. The predicted octanol–water partition coefficient (Wildman–Crippen LogP) is 3.40. The molecule has 0 saturated heterocycles. The van der Waals surface area contributed by atoms with Gasteiger partial charge in [0.05, 0.1) is 0 Å². The molecule has 0 spiro atoms. The van der Waals surface area contributed by atoms with Crippen LogP contribution in [0.4, 0.5) is 0 Å². The van der Waals surface area contributed by atoms with Gasteiger partial charge in [-0.15, -0.1) is 0 Å². The normalized spacial score (nSPS) is 9.88. The molecule has 0 amide bonds. The Bertz CT molecular complexity index is 471. The van der Waals surface area contributed by atoms with Gasteiger partial charge >= 0.3 is 0 Å². The zero-order valence-corrected chi connectivity index (χ0v) is 9.81. The maximum absolute atomic E-state index is 11.8. The average molecular weight is 242 g/mol. The van der Waals surface area contributed by atoms with E-state index in [4.69, 9.17) is 0 Å². The SMILES string of the molecule is O=C(SC(=O)c1ccccc1)c1ccccc1. The molecule has 2 nitrogen and oxygen atoms in total. The minimum Gasteiger partial charge on any atom is -0.281 e. The van der Waals surface area contributed by atoms with E-state index in [0.29, 0.717) is 11.1 Å². The number of hydrogen-bond donors (Lipinski definition) is 0. The van der Waals surface area contributed by atoms with Crippen molar-refractivity contribution in [1.29, 1.82) is 0 Å². The van der Waals surface area contributed by atoms with Crippen LogP contribution in [0.5, 0.6) is 0 Å². The van der Waals surface area contributed by atoms with Crippen molar-refractivity contribution in [3.63, 3.8) is 0 Å². The fraction of sp³-hybridized carbons (Fsp3) is 0. The highest BCUT2D eigenvalue weighted by Crippen LogP contribution is 2.17. The van der Waals surface area contributed by atoms with Crippen molar-refractivity contribution in [2.24, 2.45) is 0 Å². The second-order valence-corrected chi connectivity index (χ2v) is 4.35. The standard InChI is InChI=1S/C14H10O2S/c15-13(11-7-3-1-4-8-11)17-14(16)12-9-5-2-6-10-12/h1-10H. The summed E-state index contributed by atoms with van der Waals surface area (Å²) in [5.74, 6) is 0. The van der Waals surface area contributed by atoms with Crippen LogP contribution in [0.15, 0.2) is 60.7 Å². The van der Waals surface area contributed by atoms with Crippen LogP contribution in [0.3, 0.4) is 0 Å². The third-order valence-electron chi connectivity index (χ3n) is 2.20. The molecule has 0 aliphatic heterocycles. The fourth-order valence-corrected chi connectivity index (χ4v) is 2.03. The number of rotatable bonds is 2. The number of benzene rings is 2. The van der Waals surface area contributed by atoms with E-state index in [-0.39, 0.29) is 10.2 Å². The molecule has 0 fully saturated rings. The largest absolute Gasteiger partial charge is 0.281 e. The van der Waals surface area contributed by atoms with Crippen LogP contribution in [0.2, 0.25) is 0 Å². The Morgan fingerprint density at radius 2 is 1.00 bits per heavy atom. The van der Waals surface area contributed by atoms with Crippen LogP contribution in [0.25, 0.3) is 0 Å². The van der Waals surface area contributed by atoms with Crippen LogP contribution in [0, 0.1) is 0 Å². The van der Waals surface area contributed by atoms with Crippen molar-refractivity contribution in [2.75, 3.05) is 0 Å². The summed E-state index contributed by atoms with van der Waals surface area (Å²) in [6, 6.07) is 17.6. The molecule has 3 heteroatoms. The van der Waals surface area contributed by atoms with E-state index in [1.165, 1.54) is 0 Å². The second kappa shape index (κ2) is 5.46. The molecule has 0 atom stereocenters. The first-order chi connectivity index (χ1) is 8.27. The molecule has 0 aliphatic carbocycles. The Labute approximate surface area is 104 Å². The third kappa shape index (κ3) is 3.04. The zero-order valence-electron chi connectivity index (χ0n) is 9.00. The molecule has 0 radical (unpaired) electrons. The highest BCUT2D eigenvalue weighted by Gasteiger charge is 2.13. The van der Waals surface area contributed by atoms with E-state index in [0.717, 1.165) is 11.8 Å². The zero-order chi connectivity index (χ0) is 12.1. The van der Waals surface area contributed by atoms with Gasteiger partial charge in [-0.05, 0) is 11.8 Å². The quantitative estimate of drug-likeness (QED) is 0.809. The maximum Gasteiger partial charge on any atom is 0.227 e. The highest BCUT2D eigenvalue weighted by molar-refractivity contribution is 8.26. The molecule has 0 bridgehead atoms. The van der Waals surface area contributed by atoms with Crippen molar-refractivity contribution in [3.05, 3.63) is 71.8 Å². The van der Waals surface area contributed by atoms with Crippen LogP contribution < -0.4 is 0 Å². The molecule has 2 aromatic rings. The summed E-state index contributed by atoms with van der Waals surface area (Å²) in [6.45, 7) is 0. The molecule has 2 rings (SSSR count). The van der Waals surface area contributed by atoms with E-state index in [9.17, 15) is 9.59 Å². The molecule has 2 aromatic carbocycles. The minimum atomic E-state index is -0.223. The van der Waals surface area contributed by atoms with Crippen LogP contribution in [-0.4, -0.2) is 10.2 Å². The lowest BCUT2D eigenvalue weighted by Gasteiger charge is -1.99. The van der Waals surface area contributed by atoms with Gasteiger partial charge < -0.3 is 0 Å². The Morgan fingerprint density at radius 3 is 1.35 bits per heavy atom. The first-order valence-electron chi connectivity index (χ1n) is 5.14. The number of thioether (sulfide) groups is 1. The van der Waals surface area contributed by atoms with Crippen molar-refractivity contribution in [1.82, 2.24) is 0 Å². The van der Waals surface area contributed by atoms with E-state index in [2.05, 4.69) is 0 Å². The molecule has 84 valence electrons. The molecular weight excluding hydrogens is 232 g/mol. The topological polar surface area (TPSA) is 34.1 Å². The van der Waals surface area contributed by atoms with Crippen molar-refractivity contribution >= 4 is 22.0 Å². The lowest BCUT2D eigenvalue weighted by Crippen LogP contribution is -2.00. The summed E-state index contributed by atoms with van der Waals surface area (Å²) >= 11 is 0.728. The Hall–Kier alpha value is -1.87. The monoisotopic (exact) mass is 242 g/mol. The van der Waals surface area contributed by atoms with Gasteiger partial charge in [-0.1, -0.05) is 60.7 Å². The van der Waals surface area contributed by atoms with Crippen molar-refractivity contribution in [3.8, 4) is 0 Å². The lowest BCUT2D eigenvalue weighted by molar-refractivity contribution is 0.106. The summed E-state index contributed by atoms with van der Waals surface area (Å²) in [6.07, 6.45) is 0. The van der Waals surface area contributed by atoms with Gasteiger partial charge in [-0.25, -0.2) is 0 Å². The first kappa shape index (κ1) is 11.6. The van der Waals surface area contributed by atoms with Gasteiger partial charge in [0.15, 0.2) is 0 Å². The highest BCUT2D eigenvalue weighted by atomic mass is 32.2. The smallest absolute Gasteiger partial charge is 0.227 e. The van der Waals surface area contributed by atoms with E-state index < -0.39 is 0 Å². The fourth-order valence-electron chi connectivity index (χ4n) is 1.35. The maximum atomic E-state index is 11.8. The molecule has 0 unspecified atom stereocenters. The van der Waals surface area contributed by atoms with E-state index in [1.807, 2.05) is 12.1 Å². The predicted molar refractivity (Wildman–Crippen MR) is 69.1 cm³/mol. The first-order valence-corrected chi connectivity index (χ1v) is 5.95.